The molecule has 1 aliphatic heterocycles. The third kappa shape index (κ3) is 3.80. The lowest BCUT2D eigenvalue weighted by Gasteiger charge is -2.35. The van der Waals surface area contributed by atoms with Crippen LogP contribution in [-0.4, -0.2) is 36.0 Å². The fraction of sp³-hybridized carbons (Fsp3) is 0.467. The van der Waals surface area contributed by atoms with Crippen LogP contribution in [0.3, 0.4) is 0 Å². The minimum Gasteiger partial charge on any atom is -0.328 e. The summed E-state index contributed by atoms with van der Waals surface area (Å²) in [6.07, 6.45) is 1.86. The van der Waals surface area contributed by atoms with Gasteiger partial charge in [0.05, 0.1) is 18.2 Å². The SMILES string of the molecule is CC1CC(N)CCN1CC(=O)Nc1cccc(C#N)c1. The van der Waals surface area contributed by atoms with Gasteiger partial charge >= 0.3 is 0 Å². The number of hydrogen-bond acceptors (Lipinski definition) is 4. The minimum atomic E-state index is -0.0533. The molecule has 106 valence electrons. The van der Waals surface area contributed by atoms with Gasteiger partial charge in [-0.25, -0.2) is 0 Å². The van der Waals surface area contributed by atoms with Crippen LogP contribution in [0, 0.1) is 11.3 Å². The fourth-order valence-electron chi connectivity index (χ4n) is 2.54. The molecule has 5 nitrogen and oxygen atoms in total. The number of rotatable bonds is 3. The molecule has 1 fully saturated rings. The molecule has 0 bridgehead atoms. The maximum atomic E-state index is 12.0. The second-order valence-electron chi connectivity index (χ2n) is 5.34. The van der Waals surface area contributed by atoms with Crippen LogP contribution in [0.1, 0.15) is 25.3 Å². The topological polar surface area (TPSA) is 82.2 Å². The van der Waals surface area contributed by atoms with E-state index in [2.05, 4.69) is 23.2 Å². The van der Waals surface area contributed by atoms with Gasteiger partial charge in [-0.15, -0.1) is 0 Å². The van der Waals surface area contributed by atoms with Gasteiger partial charge < -0.3 is 11.1 Å². The summed E-state index contributed by atoms with van der Waals surface area (Å²) in [5.41, 5.74) is 7.12. The molecule has 2 rings (SSSR count). The van der Waals surface area contributed by atoms with Crippen LogP contribution in [0.25, 0.3) is 0 Å². The third-order valence-corrected chi connectivity index (χ3v) is 3.68. The fourth-order valence-corrected chi connectivity index (χ4v) is 2.54. The zero-order valence-electron chi connectivity index (χ0n) is 11.7. The summed E-state index contributed by atoms with van der Waals surface area (Å²) in [7, 11) is 0. The Labute approximate surface area is 119 Å². The number of carbonyl (C=O) groups excluding carboxylic acids is 1. The van der Waals surface area contributed by atoms with Crippen molar-refractivity contribution in [1.29, 1.82) is 5.26 Å². The highest BCUT2D eigenvalue weighted by Crippen LogP contribution is 2.16. The Kier molecular flexibility index (Phi) is 4.72. The van der Waals surface area contributed by atoms with E-state index in [1.165, 1.54) is 0 Å². The molecule has 1 heterocycles. The van der Waals surface area contributed by atoms with Crippen molar-refractivity contribution in [3.05, 3.63) is 29.8 Å². The number of amides is 1. The lowest BCUT2D eigenvalue weighted by molar-refractivity contribution is -0.118. The number of nitrogens with one attached hydrogen (secondary N) is 1. The van der Waals surface area contributed by atoms with Crippen molar-refractivity contribution in [3.63, 3.8) is 0 Å². The van der Waals surface area contributed by atoms with Crippen LogP contribution in [-0.2, 0) is 4.79 Å². The first-order chi connectivity index (χ1) is 9.58. The van der Waals surface area contributed by atoms with E-state index < -0.39 is 0 Å². The summed E-state index contributed by atoms with van der Waals surface area (Å²) in [6, 6.07) is 9.57. The second-order valence-corrected chi connectivity index (χ2v) is 5.34. The normalized spacial score (nSPS) is 23.1. The molecule has 1 saturated heterocycles. The molecule has 0 aliphatic carbocycles. The number of carbonyl (C=O) groups is 1. The molecule has 0 aromatic heterocycles. The van der Waals surface area contributed by atoms with Gasteiger partial charge in [-0.2, -0.15) is 5.26 Å². The summed E-state index contributed by atoms with van der Waals surface area (Å²) < 4.78 is 0. The predicted octanol–water partition coefficient (Wildman–Crippen LogP) is 1.31. The molecule has 3 N–H and O–H groups in total. The Morgan fingerprint density at radius 1 is 1.60 bits per heavy atom. The summed E-state index contributed by atoms with van der Waals surface area (Å²) in [5.74, 6) is -0.0533. The zero-order valence-corrected chi connectivity index (χ0v) is 11.7. The maximum absolute atomic E-state index is 12.0. The summed E-state index contributed by atoms with van der Waals surface area (Å²) in [5, 5.41) is 11.7. The smallest absolute Gasteiger partial charge is 0.238 e. The van der Waals surface area contributed by atoms with E-state index in [1.807, 2.05) is 0 Å². The van der Waals surface area contributed by atoms with Gasteiger partial charge in [0, 0.05) is 24.3 Å². The van der Waals surface area contributed by atoms with Crippen molar-refractivity contribution >= 4 is 11.6 Å². The molecule has 2 atom stereocenters. The Morgan fingerprint density at radius 3 is 3.10 bits per heavy atom. The first-order valence-corrected chi connectivity index (χ1v) is 6.88. The van der Waals surface area contributed by atoms with Gasteiger partial charge in [0.15, 0.2) is 0 Å². The highest BCUT2D eigenvalue weighted by molar-refractivity contribution is 5.92. The van der Waals surface area contributed by atoms with E-state index in [4.69, 9.17) is 11.0 Å². The molecule has 5 heteroatoms. The Morgan fingerprint density at radius 2 is 2.40 bits per heavy atom. The number of nitrogens with two attached hydrogens (primary N) is 1. The van der Waals surface area contributed by atoms with Crippen LogP contribution in [0.4, 0.5) is 5.69 Å². The van der Waals surface area contributed by atoms with Gasteiger partial charge in [-0.3, -0.25) is 9.69 Å². The highest BCUT2D eigenvalue weighted by atomic mass is 16.2. The largest absolute Gasteiger partial charge is 0.328 e. The monoisotopic (exact) mass is 272 g/mol. The average molecular weight is 272 g/mol. The van der Waals surface area contributed by atoms with Crippen molar-refractivity contribution < 1.29 is 4.79 Å². The van der Waals surface area contributed by atoms with E-state index in [0.717, 1.165) is 19.4 Å². The van der Waals surface area contributed by atoms with Crippen LogP contribution in [0.15, 0.2) is 24.3 Å². The molecule has 1 aliphatic rings. The van der Waals surface area contributed by atoms with Gasteiger partial charge in [-0.05, 0) is 38.0 Å². The highest BCUT2D eigenvalue weighted by Gasteiger charge is 2.24. The molecule has 1 aromatic rings. The molecule has 1 aromatic carbocycles. The zero-order chi connectivity index (χ0) is 14.5. The molecular formula is C15H20N4O. The van der Waals surface area contributed by atoms with E-state index >= 15 is 0 Å². The minimum absolute atomic E-state index is 0.0533. The standard InChI is InChI=1S/C15H20N4O/c1-11-7-13(17)5-6-19(11)10-15(20)18-14-4-2-3-12(8-14)9-16/h2-4,8,11,13H,5-7,10,17H2,1H3,(H,18,20). The summed E-state index contributed by atoms with van der Waals surface area (Å²) >= 11 is 0. The van der Waals surface area contributed by atoms with Crippen LogP contribution < -0.4 is 11.1 Å². The lowest BCUT2D eigenvalue weighted by Crippen LogP contribution is -2.48. The first-order valence-electron chi connectivity index (χ1n) is 6.88. The van der Waals surface area contributed by atoms with Gasteiger partial charge in [0.25, 0.3) is 0 Å². The summed E-state index contributed by atoms with van der Waals surface area (Å²) in [6.45, 7) is 3.32. The van der Waals surface area contributed by atoms with Crippen LogP contribution in [0.2, 0.25) is 0 Å². The van der Waals surface area contributed by atoms with Crippen molar-refractivity contribution in [2.24, 2.45) is 5.73 Å². The maximum Gasteiger partial charge on any atom is 0.238 e. The Hall–Kier alpha value is -1.90. The Bertz CT molecular complexity index is 523. The van der Waals surface area contributed by atoms with Crippen molar-refractivity contribution in [2.45, 2.75) is 31.8 Å². The Balaban J connectivity index is 1.90. The van der Waals surface area contributed by atoms with Crippen molar-refractivity contribution in [2.75, 3.05) is 18.4 Å². The summed E-state index contributed by atoms with van der Waals surface area (Å²) in [4.78, 5) is 14.2. The van der Waals surface area contributed by atoms with Crippen LogP contribution >= 0.6 is 0 Å². The van der Waals surface area contributed by atoms with E-state index in [1.54, 1.807) is 24.3 Å². The van der Waals surface area contributed by atoms with Crippen molar-refractivity contribution in [3.8, 4) is 6.07 Å². The number of benzene rings is 1. The first kappa shape index (κ1) is 14.5. The molecule has 0 saturated carbocycles. The number of hydrogen-bond donors (Lipinski definition) is 2. The number of piperidine rings is 1. The number of anilines is 1. The van der Waals surface area contributed by atoms with E-state index in [-0.39, 0.29) is 11.9 Å². The van der Waals surface area contributed by atoms with Gasteiger partial charge in [0.1, 0.15) is 0 Å². The molecule has 0 radical (unpaired) electrons. The van der Waals surface area contributed by atoms with Crippen LogP contribution in [0.5, 0.6) is 0 Å². The molecule has 0 spiro atoms. The van der Waals surface area contributed by atoms with Gasteiger partial charge in [-0.1, -0.05) is 6.07 Å². The molecule has 20 heavy (non-hydrogen) atoms. The quantitative estimate of drug-likeness (QED) is 0.869. The van der Waals surface area contributed by atoms with E-state index in [9.17, 15) is 4.79 Å². The number of likely N-dealkylation sites (tertiary alicyclic amines) is 1. The number of nitrogens with zero attached hydrogens (tertiary/aromatic N) is 2. The average Bonchev–Trinajstić information content (AvgIpc) is 2.42. The van der Waals surface area contributed by atoms with Crippen molar-refractivity contribution in [1.82, 2.24) is 4.90 Å². The molecule has 1 amide bonds. The number of nitriles is 1. The second kappa shape index (κ2) is 6.51. The van der Waals surface area contributed by atoms with Gasteiger partial charge in [0.2, 0.25) is 5.91 Å². The third-order valence-electron chi connectivity index (χ3n) is 3.68. The predicted molar refractivity (Wildman–Crippen MR) is 78.0 cm³/mol. The molecular weight excluding hydrogens is 252 g/mol. The van der Waals surface area contributed by atoms with E-state index in [0.29, 0.717) is 23.8 Å². The lowest BCUT2D eigenvalue weighted by atomic mass is 9.99. The molecule has 2 unspecified atom stereocenters.